The van der Waals surface area contributed by atoms with E-state index in [2.05, 4.69) is 27.7 Å². The monoisotopic (exact) mass is 272 g/mol. The molecule has 1 unspecified atom stereocenters. The van der Waals surface area contributed by atoms with Crippen LogP contribution in [0, 0.1) is 5.92 Å². The maximum Gasteiger partial charge on any atom is 0.103 e. The molecule has 1 heterocycles. The molecule has 0 spiro atoms. The van der Waals surface area contributed by atoms with Gasteiger partial charge in [-0.1, -0.05) is 27.7 Å². The van der Waals surface area contributed by atoms with E-state index in [9.17, 15) is 0 Å². The molecule has 4 heteroatoms. The molecule has 0 fully saturated rings. The molecular weight excluding hydrogens is 248 g/mol. The van der Waals surface area contributed by atoms with E-state index in [1.165, 1.54) is 22.0 Å². The van der Waals surface area contributed by atoms with Crippen LogP contribution in [0.2, 0.25) is 0 Å². The Hall–Kier alpha value is -0.0600. The van der Waals surface area contributed by atoms with Crippen LogP contribution in [0.15, 0.2) is 0 Å². The highest BCUT2D eigenvalue weighted by Gasteiger charge is 2.12. The summed E-state index contributed by atoms with van der Waals surface area (Å²) in [5.74, 6) is 1.68. The van der Waals surface area contributed by atoms with Crippen molar-refractivity contribution in [3.05, 3.63) is 15.6 Å². The molecule has 0 aromatic carbocycles. The van der Waals surface area contributed by atoms with E-state index in [-0.39, 0.29) is 0 Å². The third kappa shape index (κ3) is 4.98. The maximum atomic E-state index is 5.79. The molecule has 0 aliphatic carbocycles. The van der Waals surface area contributed by atoms with Crippen LogP contribution < -0.4 is 5.73 Å². The molecule has 0 radical (unpaired) electrons. The third-order valence-corrected chi connectivity index (χ3v) is 5.32. The van der Waals surface area contributed by atoms with Crippen molar-refractivity contribution in [1.82, 2.24) is 4.98 Å². The van der Waals surface area contributed by atoms with Crippen molar-refractivity contribution in [2.24, 2.45) is 11.7 Å². The summed E-state index contributed by atoms with van der Waals surface area (Å²) in [5, 5.41) is 1.96. The van der Waals surface area contributed by atoms with Crippen LogP contribution >= 0.6 is 23.1 Å². The van der Waals surface area contributed by atoms with Crippen molar-refractivity contribution in [2.75, 3.05) is 0 Å². The van der Waals surface area contributed by atoms with E-state index in [0.717, 1.165) is 12.2 Å². The predicted molar refractivity (Wildman–Crippen MR) is 79.6 cm³/mol. The smallest absolute Gasteiger partial charge is 0.103 e. The van der Waals surface area contributed by atoms with Gasteiger partial charge in [-0.05, 0) is 18.8 Å². The van der Waals surface area contributed by atoms with Crippen molar-refractivity contribution in [1.29, 1.82) is 0 Å². The Morgan fingerprint density at radius 1 is 1.35 bits per heavy atom. The lowest BCUT2D eigenvalue weighted by molar-refractivity contribution is 0.633. The average molecular weight is 272 g/mol. The molecule has 2 nitrogen and oxygen atoms in total. The molecule has 1 aromatic heterocycles. The summed E-state index contributed by atoms with van der Waals surface area (Å²) in [4.78, 5) is 6.02. The molecule has 98 valence electrons. The lowest BCUT2D eigenvalue weighted by Gasteiger charge is -2.05. The standard InChI is InChI=1S/C13H24N2S2/c1-5-10(4)16-8-13-15-11(6-9(2)3)12(7-14)17-13/h9-10H,5-8,14H2,1-4H3. The lowest BCUT2D eigenvalue weighted by atomic mass is 10.1. The van der Waals surface area contributed by atoms with Crippen molar-refractivity contribution < 1.29 is 0 Å². The largest absolute Gasteiger partial charge is 0.326 e. The summed E-state index contributed by atoms with van der Waals surface area (Å²) in [5.41, 5.74) is 7.01. The third-order valence-electron chi connectivity index (χ3n) is 2.68. The van der Waals surface area contributed by atoms with Gasteiger partial charge in [-0.15, -0.1) is 11.3 Å². The molecular formula is C13H24N2S2. The Kier molecular flexibility index (Phi) is 6.52. The first-order valence-corrected chi connectivity index (χ1v) is 8.22. The fraction of sp³-hybridized carbons (Fsp3) is 0.769. The maximum absolute atomic E-state index is 5.79. The summed E-state index contributed by atoms with van der Waals surface area (Å²) >= 11 is 3.79. The Morgan fingerprint density at radius 2 is 2.06 bits per heavy atom. The summed E-state index contributed by atoms with van der Waals surface area (Å²) in [6.07, 6.45) is 2.27. The summed E-state index contributed by atoms with van der Waals surface area (Å²) < 4.78 is 0. The number of thioether (sulfide) groups is 1. The molecule has 0 saturated carbocycles. The number of thiazole rings is 1. The van der Waals surface area contributed by atoms with Crippen LogP contribution in [0.5, 0.6) is 0 Å². The minimum absolute atomic E-state index is 0.633. The molecule has 1 atom stereocenters. The van der Waals surface area contributed by atoms with Crippen molar-refractivity contribution in [3.63, 3.8) is 0 Å². The zero-order chi connectivity index (χ0) is 12.8. The van der Waals surface area contributed by atoms with Gasteiger partial charge in [0.15, 0.2) is 0 Å². The Morgan fingerprint density at radius 3 is 2.59 bits per heavy atom. The normalized spacial score (nSPS) is 13.3. The zero-order valence-corrected chi connectivity index (χ0v) is 13.0. The lowest BCUT2D eigenvalue weighted by Crippen LogP contribution is -2.02. The number of nitrogens with two attached hydrogens (primary N) is 1. The van der Waals surface area contributed by atoms with Gasteiger partial charge in [0, 0.05) is 22.4 Å². The van der Waals surface area contributed by atoms with Crippen molar-refractivity contribution in [2.45, 2.75) is 58.1 Å². The Bertz CT molecular complexity index is 334. The van der Waals surface area contributed by atoms with Crippen molar-refractivity contribution in [3.8, 4) is 0 Å². The van der Waals surface area contributed by atoms with Gasteiger partial charge >= 0.3 is 0 Å². The van der Waals surface area contributed by atoms with E-state index >= 15 is 0 Å². The molecule has 0 aliphatic heterocycles. The van der Waals surface area contributed by atoms with Gasteiger partial charge in [-0.25, -0.2) is 4.98 Å². The van der Waals surface area contributed by atoms with E-state index in [1.54, 1.807) is 11.3 Å². The van der Waals surface area contributed by atoms with Crippen LogP contribution in [-0.2, 0) is 18.7 Å². The van der Waals surface area contributed by atoms with Crippen LogP contribution in [0.3, 0.4) is 0 Å². The Labute approximate surface area is 113 Å². The van der Waals surface area contributed by atoms with Crippen LogP contribution in [0.1, 0.15) is 49.7 Å². The van der Waals surface area contributed by atoms with Gasteiger partial charge in [-0.2, -0.15) is 11.8 Å². The van der Waals surface area contributed by atoms with Crippen molar-refractivity contribution >= 4 is 23.1 Å². The molecule has 2 N–H and O–H groups in total. The van der Waals surface area contributed by atoms with Gasteiger partial charge < -0.3 is 5.73 Å². The van der Waals surface area contributed by atoms with Crippen LogP contribution in [0.4, 0.5) is 0 Å². The van der Waals surface area contributed by atoms with E-state index in [0.29, 0.717) is 17.7 Å². The minimum atomic E-state index is 0.633. The summed E-state index contributed by atoms with van der Waals surface area (Å²) in [6.45, 7) is 9.60. The zero-order valence-electron chi connectivity index (χ0n) is 11.3. The first-order chi connectivity index (χ1) is 8.06. The highest BCUT2D eigenvalue weighted by molar-refractivity contribution is 7.99. The fourth-order valence-corrected chi connectivity index (χ4v) is 3.47. The average Bonchev–Trinajstić information content (AvgIpc) is 2.67. The molecule has 0 amide bonds. The topological polar surface area (TPSA) is 38.9 Å². The predicted octanol–water partition coefficient (Wildman–Crippen LogP) is 3.83. The number of rotatable bonds is 7. The SMILES string of the molecule is CCC(C)SCc1nc(CC(C)C)c(CN)s1. The quantitative estimate of drug-likeness (QED) is 0.820. The highest BCUT2D eigenvalue weighted by atomic mass is 32.2. The fourth-order valence-electron chi connectivity index (χ4n) is 1.54. The second-order valence-corrected chi connectivity index (χ2v) is 7.40. The first kappa shape index (κ1) is 15.0. The number of nitrogens with zero attached hydrogens (tertiary/aromatic N) is 1. The van der Waals surface area contributed by atoms with E-state index in [1.807, 2.05) is 11.8 Å². The Balaban J connectivity index is 2.64. The molecule has 0 bridgehead atoms. The van der Waals surface area contributed by atoms with Gasteiger partial charge in [0.25, 0.3) is 0 Å². The van der Waals surface area contributed by atoms with Gasteiger partial charge in [0.05, 0.1) is 5.69 Å². The second kappa shape index (κ2) is 7.39. The molecule has 17 heavy (non-hydrogen) atoms. The van der Waals surface area contributed by atoms with Crippen LogP contribution in [0.25, 0.3) is 0 Å². The number of hydrogen-bond donors (Lipinski definition) is 1. The van der Waals surface area contributed by atoms with E-state index < -0.39 is 0 Å². The van der Waals surface area contributed by atoms with E-state index in [4.69, 9.17) is 10.7 Å². The minimum Gasteiger partial charge on any atom is -0.326 e. The summed E-state index contributed by atoms with van der Waals surface area (Å²) in [7, 11) is 0. The summed E-state index contributed by atoms with van der Waals surface area (Å²) in [6, 6.07) is 0. The number of hydrogen-bond acceptors (Lipinski definition) is 4. The van der Waals surface area contributed by atoms with Gasteiger partial charge in [0.2, 0.25) is 0 Å². The molecule has 1 rings (SSSR count). The van der Waals surface area contributed by atoms with Crippen LogP contribution in [-0.4, -0.2) is 10.2 Å². The molecule has 0 saturated heterocycles. The molecule has 0 aliphatic rings. The first-order valence-electron chi connectivity index (χ1n) is 6.35. The number of aromatic nitrogens is 1. The van der Waals surface area contributed by atoms with Gasteiger partial charge in [-0.3, -0.25) is 0 Å². The highest BCUT2D eigenvalue weighted by Crippen LogP contribution is 2.26. The van der Waals surface area contributed by atoms with Gasteiger partial charge in [0.1, 0.15) is 5.01 Å². The molecule has 1 aromatic rings. The second-order valence-electron chi connectivity index (χ2n) is 4.81.